The molecule has 0 bridgehead atoms. The van der Waals surface area contributed by atoms with Crippen LogP contribution in [0.2, 0.25) is 0 Å². The Morgan fingerprint density at radius 2 is 2.20 bits per heavy atom. The maximum Gasteiger partial charge on any atom is 0.176 e. The molecule has 1 spiro atoms. The van der Waals surface area contributed by atoms with E-state index in [1.165, 1.54) is 27.8 Å². The maximum absolute atomic E-state index is 14.9. The van der Waals surface area contributed by atoms with Gasteiger partial charge >= 0.3 is 0 Å². The lowest BCUT2D eigenvalue weighted by atomic mass is 9.83. The van der Waals surface area contributed by atoms with Crippen LogP contribution in [-0.4, -0.2) is 35.3 Å². The quantitative estimate of drug-likeness (QED) is 0.457. The Labute approximate surface area is 179 Å². The number of halogens is 2. The van der Waals surface area contributed by atoms with Gasteiger partial charge in [-0.15, -0.1) is 22.7 Å². The lowest BCUT2D eigenvalue weighted by Gasteiger charge is -2.28. The number of hydrogen-bond acceptors (Lipinski definition) is 7. The fraction of sp³-hybridized carbons (Fsp3) is 0.333. The Morgan fingerprint density at radius 3 is 3.07 bits per heavy atom. The number of anilines is 2. The van der Waals surface area contributed by atoms with Gasteiger partial charge in [0.1, 0.15) is 16.0 Å². The molecule has 154 valence electrons. The normalized spacial score (nSPS) is 23.9. The molecular formula is C21H18F2N4OS2. The number of rotatable bonds is 3. The van der Waals surface area contributed by atoms with E-state index in [4.69, 9.17) is 4.74 Å². The van der Waals surface area contributed by atoms with Crippen molar-refractivity contribution in [2.75, 3.05) is 25.1 Å². The zero-order valence-corrected chi connectivity index (χ0v) is 17.5. The van der Waals surface area contributed by atoms with E-state index in [-0.39, 0.29) is 16.7 Å². The first-order chi connectivity index (χ1) is 14.6. The molecule has 1 unspecified atom stereocenters. The molecule has 9 heteroatoms. The molecule has 3 aromatic heterocycles. The van der Waals surface area contributed by atoms with Crippen molar-refractivity contribution in [1.29, 1.82) is 0 Å². The minimum Gasteiger partial charge on any atom is -0.379 e. The van der Waals surface area contributed by atoms with Crippen LogP contribution >= 0.6 is 22.7 Å². The number of thiazole rings is 1. The molecule has 2 aliphatic heterocycles. The van der Waals surface area contributed by atoms with Crippen molar-refractivity contribution in [2.24, 2.45) is 0 Å². The third-order valence-corrected chi connectivity index (χ3v) is 8.14. The SMILES string of the molecule is Fc1cc2scnc2c(F)c1Nc1ccnc2sc(C3CCN[C@]34CCOC4)cc12. The van der Waals surface area contributed by atoms with Crippen molar-refractivity contribution in [3.05, 3.63) is 46.4 Å². The van der Waals surface area contributed by atoms with Crippen molar-refractivity contribution in [3.63, 3.8) is 0 Å². The van der Waals surface area contributed by atoms with Gasteiger partial charge in [0, 0.05) is 29.0 Å². The molecule has 6 rings (SSSR count). The van der Waals surface area contributed by atoms with Crippen LogP contribution in [0.3, 0.4) is 0 Å². The van der Waals surface area contributed by atoms with E-state index in [1.54, 1.807) is 23.6 Å². The summed E-state index contributed by atoms with van der Waals surface area (Å²) in [5, 5.41) is 7.49. The van der Waals surface area contributed by atoms with Crippen LogP contribution in [0.15, 0.2) is 29.9 Å². The van der Waals surface area contributed by atoms with Crippen LogP contribution in [0.5, 0.6) is 0 Å². The molecule has 0 radical (unpaired) electrons. The van der Waals surface area contributed by atoms with Gasteiger partial charge in [-0.3, -0.25) is 0 Å². The van der Waals surface area contributed by atoms with Crippen LogP contribution < -0.4 is 10.6 Å². The second-order valence-electron chi connectivity index (χ2n) is 7.82. The molecule has 2 N–H and O–H groups in total. The molecule has 4 aromatic rings. The molecule has 2 fully saturated rings. The molecule has 1 aromatic carbocycles. The Hall–Kier alpha value is -2.20. The van der Waals surface area contributed by atoms with Crippen molar-refractivity contribution in [3.8, 4) is 0 Å². The third kappa shape index (κ3) is 2.76. The molecule has 2 aliphatic rings. The summed E-state index contributed by atoms with van der Waals surface area (Å²) in [5.74, 6) is -0.952. The molecule has 2 atom stereocenters. The van der Waals surface area contributed by atoms with E-state index >= 15 is 0 Å². The highest BCUT2D eigenvalue weighted by Gasteiger charge is 2.46. The van der Waals surface area contributed by atoms with E-state index in [2.05, 4.69) is 26.7 Å². The largest absolute Gasteiger partial charge is 0.379 e. The average molecular weight is 445 g/mol. The number of aromatic nitrogens is 2. The second kappa shape index (κ2) is 6.91. The predicted octanol–water partition coefficient (Wildman–Crippen LogP) is 5.16. The van der Waals surface area contributed by atoms with Crippen LogP contribution in [-0.2, 0) is 4.74 Å². The Kier molecular flexibility index (Phi) is 4.28. The molecule has 30 heavy (non-hydrogen) atoms. The van der Waals surface area contributed by atoms with E-state index in [1.807, 2.05) is 0 Å². The molecular weight excluding hydrogens is 426 g/mol. The summed E-state index contributed by atoms with van der Waals surface area (Å²) < 4.78 is 35.7. The van der Waals surface area contributed by atoms with E-state index in [9.17, 15) is 8.78 Å². The monoisotopic (exact) mass is 444 g/mol. The molecule has 2 saturated heterocycles. The zero-order chi connectivity index (χ0) is 20.3. The van der Waals surface area contributed by atoms with Gasteiger partial charge in [0.25, 0.3) is 0 Å². The van der Waals surface area contributed by atoms with E-state index < -0.39 is 11.6 Å². The lowest BCUT2D eigenvalue weighted by molar-refractivity contribution is 0.168. The summed E-state index contributed by atoms with van der Waals surface area (Å²) in [6, 6.07) is 5.19. The number of ether oxygens (including phenoxy) is 1. The van der Waals surface area contributed by atoms with Crippen LogP contribution in [0.4, 0.5) is 20.2 Å². The Bertz CT molecular complexity index is 1260. The van der Waals surface area contributed by atoms with Gasteiger partial charge < -0.3 is 15.4 Å². The third-order valence-electron chi connectivity index (χ3n) is 6.21. The van der Waals surface area contributed by atoms with E-state index in [0.29, 0.717) is 22.9 Å². The van der Waals surface area contributed by atoms with E-state index in [0.717, 1.165) is 36.2 Å². The number of hydrogen-bond donors (Lipinski definition) is 2. The smallest absolute Gasteiger partial charge is 0.176 e. The minimum absolute atomic E-state index is 0.0116. The first-order valence-electron chi connectivity index (χ1n) is 9.84. The van der Waals surface area contributed by atoms with Gasteiger partial charge in [0.05, 0.1) is 28.0 Å². The van der Waals surface area contributed by atoms with Crippen molar-refractivity contribution in [1.82, 2.24) is 15.3 Å². The van der Waals surface area contributed by atoms with Crippen molar-refractivity contribution >= 4 is 54.5 Å². The Balaban J connectivity index is 1.41. The number of benzene rings is 1. The van der Waals surface area contributed by atoms with Gasteiger partial charge in [0.2, 0.25) is 0 Å². The average Bonchev–Trinajstić information content (AvgIpc) is 3.52. The Morgan fingerprint density at radius 1 is 1.27 bits per heavy atom. The summed E-state index contributed by atoms with van der Waals surface area (Å²) in [4.78, 5) is 10.6. The minimum atomic E-state index is -0.672. The lowest BCUT2D eigenvalue weighted by Crippen LogP contribution is -2.44. The molecule has 0 aliphatic carbocycles. The first kappa shape index (κ1) is 18.6. The summed E-state index contributed by atoms with van der Waals surface area (Å²) >= 11 is 2.86. The highest BCUT2D eigenvalue weighted by molar-refractivity contribution is 7.18. The molecule has 5 nitrogen and oxygen atoms in total. The zero-order valence-electron chi connectivity index (χ0n) is 15.9. The summed E-state index contributed by atoms with van der Waals surface area (Å²) in [6.07, 6.45) is 3.71. The fourth-order valence-electron chi connectivity index (χ4n) is 4.70. The number of pyridine rings is 1. The van der Waals surface area contributed by atoms with Gasteiger partial charge in [-0.1, -0.05) is 0 Å². The fourth-order valence-corrected chi connectivity index (χ4v) is 6.67. The highest BCUT2D eigenvalue weighted by atomic mass is 32.1. The maximum atomic E-state index is 14.9. The number of nitrogens with zero attached hydrogens (tertiary/aromatic N) is 2. The summed E-state index contributed by atoms with van der Waals surface area (Å²) in [7, 11) is 0. The molecule has 0 saturated carbocycles. The number of fused-ring (bicyclic) bond motifs is 2. The molecule has 0 amide bonds. The highest BCUT2D eigenvalue weighted by Crippen LogP contribution is 2.46. The molecule has 5 heterocycles. The van der Waals surface area contributed by atoms with Gasteiger partial charge in [-0.05, 0) is 37.6 Å². The van der Waals surface area contributed by atoms with Crippen LogP contribution in [0.1, 0.15) is 23.6 Å². The summed E-state index contributed by atoms with van der Waals surface area (Å²) in [6.45, 7) is 2.45. The van der Waals surface area contributed by atoms with Gasteiger partial charge in [-0.2, -0.15) is 0 Å². The standard InChI is InChI=1S/C21H18F2N4OS2/c22-13-8-16-19(25-10-29-16)17(23)18(13)27-14-2-4-24-20-11(14)7-15(30-20)12-1-5-26-21(12)3-6-28-9-21/h2,4,7-8,10,12,26H,1,3,5-6,9H2,(H,24,27)/t12?,21-/m0/s1. The van der Waals surface area contributed by atoms with Crippen molar-refractivity contribution < 1.29 is 13.5 Å². The number of nitrogens with one attached hydrogen (secondary N) is 2. The van der Waals surface area contributed by atoms with Crippen molar-refractivity contribution in [2.45, 2.75) is 24.3 Å². The second-order valence-corrected chi connectivity index (χ2v) is 9.77. The topological polar surface area (TPSA) is 59.1 Å². The number of thiophene rings is 1. The predicted molar refractivity (Wildman–Crippen MR) is 116 cm³/mol. The summed E-state index contributed by atoms with van der Waals surface area (Å²) in [5.41, 5.74) is 2.14. The van der Waals surface area contributed by atoms with Crippen LogP contribution in [0, 0.1) is 11.6 Å². The van der Waals surface area contributed by atoms with Gasteiger partial charge in [0.15, 0.2) is 11.6 Å². The van der Waals surface area contributed by atoms with Crippen LogP contribution in [0.25, 0.3) is 20.4 Å². The van der Waals surface area contributed by atoms with Gasteiger partial charge in [-0.25, -0.2) is 18.7 Å². The first-order valence-corrected chi connectivity index (χ1v) is 11.5.